The summed E-state index contributed by atoms with van der Waals surface area (Å²) in [5.74, 6) is -0.977. The Morgan fingerprint density at radius 2 is 1.63 bits per heavy atom. The van der Waals surface area contributed by atoms with Gasteiger partial charge in [0.1, 0.15) is 28.6 Å². The quantitative estimate of drug-likeness (QED) is 0.309. The molecule has 30 heavy (non-hydrogen) atoms. The van der Waals surface area contributed by atoms with Gasteiger partial charge in [-0.3, -0.25) is 4.79 Å². The van der Waals surface area contributed by atoms with Crippen LogP contribution in [0.1, 0.15) is 27.0 Å². The highest BCUT2D eigenvalue weighted by atomic mass is 79.9. The minimum absolute atomic E-state index is 0.00133. The van der Waals surface area contributed by atoms with Gasteiger partial charge in [0.25, 0.3) is 0 Å². The maximum atomic E-state index is 13.0. The summed E-state index contributed by atoms with van der Waals surface area (Å²) in [4.78, 5) is 13.0. The third kappa shape index (κ3) is 3.64. The molecule has 3 aromatic carbocycles. The second-order valence-electron chi connectivity index (χ2n) is 6.61. The summed E-state index contributed by atoms with van der Waals surface area (Å²) in [7, 11) is 0. The number of fused-ring (bicyclic) bond motifs is 1. The summed E-state index contributed by atoms with van der Waals surface area (Å²) in [6.45, 7) is 0. The zero-order chi connectivity index (χ0) is 21.6. The van der Waals surface area contributed by atoms with Gasteiger partial charge in [-0.05, 0) is 49.6 Å². The van der Waals surface area contributed by atoms with Crippen LogP contribution in [0, 0.1) is 0 Å². The van der Waals surface area contributed by atoms with Crippen LogP contribution in [-0.2, 0) is 6.42 Å². The van der Waals surface area contributed by atoms with E-state index in [0.717, 1.165) is 5.56 Å². The van der Waals surface area contributed by atoms with E-state index in [1.807, 2.05) is 30.3 Å². The van der Waals surface area contributed by atoms with E-state index in [-0.39, 0.29) is 46.3 Å². The summed E-state index contributed by atoms with van der Waals surface area (Å²) in [6, 6.07) is 12.3. The van der Waals surface area contributed by atoms with E-state index in [1.165, 1.54) is 12.1 Å². The average molecular weight is 597 g/mol. The molecule has 1 aliphatic heterocycles. The predicted octanol–water partition coefficient (Wildman–Crippen LogP) is 6.30. The molecular weight excluding hydrogens is 584 g/mol. The first-order valence-corrected chi connectivity index (χ1v) is 11.1. The largest absolute Gasteiger partial charge is 0.507 e. The number of hydrogen-bond acceptors (Lipinski definition) is 5. The first-order chi connectivity index (χ1) is 14.3. The van der Waals surface area contributed by atoms with Crippen LogP contribution in [0.2, 0.25) is 0 Å². The second kappa shape index (κ2) is 8.09. The van der Waals surface area contributed by atoms with Crippen molar-refractivity contribution in [3.63, 3.8) is 0 Å². The molecule has 0 aliphatic carbocycles. The smallest absolute Gasteiger partial charge is 0.235 e. The normalized spacial score (nSPS) is 14.1. The van der Waals surface area contributed by atoms with Crippen molar-refractivity contribution in [2.24, 2.45) is 0 Å². The minimum Gasteiger partial charge on any atom is -0.507 e. The summed E-state index contributed by atoms with van der Waals surface area (Å²) in [6.07, 6.45) is 1.71. The third-order valence-electron chi connectivity index (χ3n) is 4.70. The Morgan fingerprint density at radius 3 is 2.33 bits per heavy atom. The van der Waals surface area contributed by atoms with Crippen molar-refractivity contribution in [1.82, 2.24) is 0 Å². The van der Waals surface area contributed by atoms with Gasteiger partial charge in [-0.2, -0.15) is 0 Å². The van der Waals surface area contributed by atoms with Gasteiger partial charge in [0.2, 0.25) is 5.78 Å². The minimum atomic E-state index is -0.516. The molecule has 0 unspecified atom stereocenters. The zero-order valence-electron chi connectivity index (χ0n) is 15.1. The van der Waals surface area contributed by atoms with E-state index in [2.05, 4.69) is 47.8 Å². The first kappa shape index (κ1) is 21.0. The molecule has 0 atom stereocenters. The predicted molar refractivity (Wildman–Crippen MR) is 123 cm³/mol. The van der Waals surface area contributed by atoms with Gasteiger partial charge < -0.3 is 20.1 Å². The highest BCUT2D eigenvalue weighted by Crippen LogP contribution is 2.46. The molecule has 0 spiro atoms. The van der Waals surface area contributed by atoms with Crippen LogP contribution in [0.3, 0.4) is 0 Å². The summed E-state index contributed by atoms with van der Waals surface area (Å²) < 4.78 is 7.07. The van der Waals surface area contributed by atoms with Crippen LogP contribution in [-0.4, -0.2) is 21.1 Å². The van der Waals surface area contributed by atoms with Crippen LogP contribution in [0.25, 0.3) is 6.08 Å². The van der Waals surface area contributed by atoms with E-state index in [1.54, 1.807) is 6.07 Å². The molecule has 0 amide bonds. The highest BCUT2D eigenvalue weighted by Gasteiger charge is 2.34. The Balaban J connectivity index is 1.77. The van der Waals surface area contributed by atoms with Crippen molar-refractivity contribution in [3.8, 4) is 23.0 Å². The number of allylic oxidation sites excluding steroid dienone is 1. The standard InChI is InChI=1S/C22H13Br3O5/c23-13-8-14(24)21(28)19(25)11(13)7-17-22(29)18-16(30-17)9-15(26)12(20(18)27)6-10-4-2-1-3-5-10/h1-5,7-9,26-28H,6H2. The van der Waals surface area contributed by atoms with E-state index in [4.69, 9.17) is 4.74 Å². The average Bonchev–Trinajstić information content (AvgIpc) is 3.02. The molecule has 3 N–H and O–H groups in total. The molecule has 0 aromatic heterocycles. The molecule has 3 aromatic rings. The Morgan fingerprint density at radius 1 is 0.933 bits per heavy atom. The van der Waals surface area contributed by atoms with Gasteiger partial charge in [0, 0.05) is 28.1 Å². The molecular formula is C22H13Br3O5. The summed E-state index contributed by atoms with van der Waals surface area (Å²) in [5, 5.41) is 31.3. The molecule has 4 rings (SSSR count). The number of halogens is 3. The maximum Gasteiger partial charge on any atom is 0.235 e. The van der Waals surface area contributed by atoms with Crippen molar-refractivity contribution < 1.29 is 24.9 Å². The number of aromatic hydroxyl groups is 3. The number of ketones is 1. The lowest BCUT2D eigenvalue weighted by atomic mass is 9.98. The van der Waals surface area contributed by atoms with E-state index in [9.17, 15) is 20.1 Å². The molecule has 0 radical (unpaired) electrons. The molecule has 152 valence electrons. The van der Waals surface area contributed by atoms with Gasteiger partial charge >= 0.3 is 0 Å². The summed E-state index contributed by atoms with van der Waals surface area (Å²) in [5.41, 5.74) is 1.61. The van der Waals surface area contributed by atoms with E-state index in [0.29, 0.717) is 19.0 Å². The third-order valence-corrected chi connectivity index (χ3v) is 6.76. The monoisotopic (exact) mass is 594 g/mol. The summed E-state index contributed by atoms with van der Waals surface area (Å²) >= 11 is 9.95. The lowest BCUT2D eigenvalue weighted by Gasteiger charge is -2.10. The molecule has 5 nitrogen and oxygen atoms in total. The van der Waals surface area contributed by atoms with Crippen LogP contribution < -0.4 is 4.74 Å². The lowest BCUT2D eigenvalue weighted by molar-refractivity contribution is 0.101. The van der Waals surface area contributed by atoms with Crippen LogP contribution in [0.5, 0.6) is 23.0 Å². The van der Waals surface area contributed by atoms with Gasteiger partial charge in [-0.15, -0.1) is 0 Å². The molecule has 0 saturated carbocycles. The number of benzene rings is 3. The van der Waals surface area contributed by atoms with Crippen molar-refractivity contribution >= 4 is 59.6 Å². The van der Waals surface area contributed by atoms with Gasteiger partial charge in [-0.1, -0.05) is 46.3 Å². The fourth-order valence-corrected chi connectivity index (χ4v) is 5.54. The SMILES string of the molecule is O=C1C(=Cc2c(Br)cc(Br)c(O)c2Br)Oc2cc(O)c(Cc3ccccc3)c(O)c21. The van der Waals surface area contributed by atoms with Crippen molar-refractivity contribution in [2.75, 3.05) is 0 Å². The molecule has 8 heteroatoms. The van der Waals surface area contributed by atoms with Crippen molar-refractivity contribution in [2.45, 2.75) is 6.42 Å². The molecule has 1 heterocycles. The molecule has 0 saturated heterocycles. The fraction of sp³-hybridized carbons (Fsp3) is 0.0455. The van der Waals surface area contributed by atoms with Crippen molar-refractivity contribution in [1.29, 1.82) is 0 Å². The molecule has 0 bridgehead atoms. The number of ether oxygens (including phenoxy) is 1. The topological polar surface area (TPSA) is 87.0 Å². The Hall–Kier alpha value is -2.29. The number of carbonyl (C=O) groups excluding carboxylic acids is 1. The Bertz CT molecular complexity index is 1220. The van der Waals surface area contributed by atoms with E-state index >= 15 is 0 Å². The first-order valence-electron chi connectivity index (χ1n) is 8.70. The number of phenolic OH excluding ortho intramolecular Hbond substituents is 3. The highest BCUT2D eigenvalue weighted by molar-refractivity contribution is 9.11. The fourth-order valence-electron chi connectivity index (χ4n) is 3.19. The van der Waals surface area contributed by atoms with Gasteiger partial charge in [0.05, 0.1) is 8.95 Å². The second-order valence-corrected chi connectivity index (χ2v) is 9.12. The molecule has 1 aliphatic rings. The van der Waals surface area contributed by atoms with Crippen LogP contribution in [0.4, 0.5) is 0 Å². The van der Waals surface area contributed by atoms with Crippen molar-refractivity contribution in [3.05, 3.63) is 83.9 Å². The Labute approximate surface area is 197 Å². The molecule has 0 fully saturated rings. The number of phenols is 3. The number of Topliss-reactive ketones (excluding diaryl/α,β-unsaturated/α-hetero) is 1. The lowest BCUT2D eigenvalue weighted by Crippen LogP contribution is -2.00. The maximum absolute atomic E-state index is 13.0. The zero-order valence-corrected chi connectivity index (χ0v) is 19.9. The van der Waals surface area contributed by atoms with E-state index < -0.39 is 5.78 Å². The Kier molecular flexibility index (Phi) is 5.65. The van der Waals surface area contributed by atoms with Gasteiger partial charge in [0.15, 0.2) is 5.76 Å². The number of hydrogen-bond donors (Lipinski definition) is 3. The van der Waals surface area contributed by atoms with Crippen LogP contribution in [0.15, 0.2) is 61.6 Å². The van der Waals surface area contributed by atoms with Gasteiger partial charge in [-0.25, -0.2) is 0 Å². The number of rotatable bonds is 3. The number of carbonyl (C=O) groups is 1. The van der Waals surface area contributed by atoms with Crippen LogP contribution >= 0.6 is 47.8 Å².